The lowest BCUT2D eigenvalue weighted by Crippen LogP contribution is -2.46. The number of halogens is 1. The zero-order valence-corrected chi connectivity index (χ0v) is 15.3. The molecule has 3 rings (SSSR count). The van der Waals surface area contributed by atoms with Gasteiger partial charge < -0.3 is 15.0 Å². The largest absolute Gasteiger partial charge is 0.488 e. The summed E-state index contributed by atoms with van der Waals surface area (Å²) in [5, 5.41) is 5.22. The minimum atomic E-state index is -0.386. The molecular formula is C19H23FN2O2S. The van der Waals surface area contributed by atoms with E-state index >= 15 is 0 Å². The molecule has 2 aromatic rings. The molecule has 0 spiro atoms. The Kier molecular flexibility index (Phi) is 5.71. The van der Waals surface area contributed by atoms with E-state index in [4.69, 9.17) is 4.74 Å². The van der Waals surface area contributed by atoms with Gasteiger partial charge in [0.05, 0.1) is 12.6 Å². The fourth-order valence-corrected chi connectivity index (χ4v) is 3.93. The van der Waals surface area contributed by atoms with Crippen LogP contribution >= 0.6 is 11.3 Å². The van der Waals surface area contributed by atoms with Gasteiger partial charge in [-0.15, -0.1) is 11.3 Å². The van der Waals surface area contributed by atoms with Crippen LogP contribution in [0.1, 0.15) is 30.3 Å². The second kappa shape index (κ2) is 7.97. The number of carbonyl (C=O) groups is 1. The first-order valence-corrected chi connectivity index (χ1v) is 9.40. The third kappa shape index (κ3) is 4.19. The zero-order chi connectivity index (χ0) is 17.8. The predicted molar refractivity (Wildman–Crippen MR) is 97.5 cm³/mol. The number of thiophene rings is 1. The Morgan fingerprint density at radius 2 is 2.20 bits per heavy atom. The Morgan fingerprint density at radius 3 is 2.96 bits per heavy atom. The predicted octanol–water partition coefficient (Wildman–Crippen LogP) is 3.39. The van der Waals surface area contributed by atoms with E-state index in [9.17, 15) is 9.18 Å². The maximum absolute atomic E-state index is 13.8. The van der Waals surface area contributed by atoms with Gasteiger partial charge in [-0.25, -0.2) is 4.39 Å². The molecule has 1 aliphatic rings. The Bertz CT molecular complexity index is 732. The van der Waals surface area contributed by atoms with Crippen molar-refractivity contribution in [1.29, 1.82) is 0 Å². The number of nitrogens with zero attached hydrogens (tertiary/aromatic N) is 1. The number of benzene rings is 1. The number of hydrogen-bond acceptors (Lipinski definition) is 4. The highest BCUT2D eigenvalue weighted by atomic mass is 32.1. The van der Waals surface area contributed by atoms with Gasteiger partial charge in [-0.3, -0.25) is 4.79 Å². The summed E-state index contributed by atoms with van der Waals surface area (Å²) in [6.45, 7) is 5.24. The van der Waals surface area contributed by atoms with Crippen LogP contribution in [-0.2, 0) is 11.2 Å². The second-order valence-corrected chi connectivity index (χ2v) is 7.43. The lowest BCUT2D eigenvalue weighted by atomic mass is 10.0. The number of carbonyl (C=O) groups excluding carboxylic acids is 1. The van der Waals surface area contributed by atoms with E-state index in [1.807, 2.05) is 30.2 Å². The molecule has 4 nitrogen and oxygen atoms in total. The number of nitrogens with one attached hydrogen (secondary N) is 1. The van der Waals surface area contributed by atoms with Crippen molar-refractivity contribution < 1.29 is 13.9 Å². The summed E-state index contributed by atoms with van der Waals surface area (Å²) >= 11 is 1.70. The van der Waals surface area contributed by atoms with Gasteiger partial charge in [-0.05, 0) is 35.6 Å². The molecule has 2 heterocycles. The highest BCUT2D eigenvalue weighted by Gasteiger charge is 2.32. The van der Waals surface area contributed by atoms with Crippen molar-refractivity contribution in [3.63, 3.8) is 0 Å². The summed E-state index contributed by atoms with van der Waals surface area (Å²) in [7, 11) is 0. The van der Waals surface area contributed by atoms with E-state index < -0.39 is 0 Å². The van der Waals surface area contributed by atoms with Crippen LogP contribution in [0.25, 0.3) is 0 Å². The van der Waals surface area contributed by atoms with Crippen molar-refractivity contribution >= 4 is 17.2 Å². The second-order valence-electron chi connectivity index (χ2n) is 6.43. The molecule has 6 heteroatoms. The van der Waals surface area contributed by atoms with E-state index in [2.05, 4.69) is 5.32 Å². The number of fused-ring (bicyclic) bond motifs is 1. The number of ether oxygens (including phenoxy) is 1. The molecular weight excluding hydrogens is 339 g/mol. The van der Waals surface area contributed by atoms with E-state index in [1.165, 1.54) is 10.9 Å². The van der Waals surface area contributed by atoms with Crippen LogP contribution in [0, 0.1) is 5.82 Å². The van der Waals surface area contributed by atoms with Gasteiger partial charge >= 0.3 is 0 Å². The van der Waals surface area contributed by atoms with Gasteiger partial charge in [-0.1, -0.05) is 26.0 Å². The van der Waals surface area contributed by atoms with Gasteiger partial charge in [0.1, 0.15) is 6.61 Å². The molecule has 1 N–H and O–H groups in total. The molecule has 1 atom stereocenters. The SMILES string of the molecule is CC(C)NCC(=O)N1CCc2sccc2C1COc1ccccc1F. The number of rotatable bonds is 6. The van der Waals surface area contributed by atoms with Crippen LogP contribution < -0.4 is 10.1 Å². The Balaban J connectivity index is 1.76. The Morgan fingerprint density at radius 1 is 1.40 bits per heavy atom. The summed E-state index contributed by atoms with van der Waals surface area (Å²) in [6.07, 6.45) is 0.858. The first kappa shape index (κ1) is 17.9. The van der Waals surface area contributed by atoms with E-state index in [-0.39, 0.29) is 36.2 Å². The minimum Gasteiger partial charge on any atom is -0.488 e. The highest BCUT2D eigenvalue weighted by molar-refractivity contribution is 7.10. The van der Waals surface area contributed by atoms with E-state index in [0.717, 1.165) is 12.0 Å². The fraction of sp³-hybridized carbons (Fsp3) is 0.421. The van der Waals surface area contributed by atoms with E-state index in [0.29, 0.717) is 13.1 Å². The molecule has 0 aliphatic carbocycles. The van der Waals surface area contributed by atoms with Crippen LogP contribution in [0.4, 0.5) is 4.39 Å². The van der Waals surface area contributed by atoms with Crippen molar-refractivity contribution in [2.24, 2.45) is 0 Å². The van der Waals surface area contributed by atoms with Crippen molar-refractivity contribution in [1.82, 2.24) is 10.2 Å². The molecule has 1 aromatic heterocycles. The third-order valence-electron chi connectivity index (χ3n) is 4.31. The molecule has 1 aromatic carbocycles. The van der Waals surface area contributed by atoms with Crippen LogP contribution in [0.3, 0.4) is 0 Å². The van der Waals surface area contributed by atoms with Crippen LogP contribution in [0.5, 0.6) is 5.75 Å². The highest BCUT2D eigenvalue weighted by Crippen LogP contribution is 2.34. The maximum atomic E-state index is 13.8. The smallest absolute Gasteiger partial charge is 0.237 e. The quantitative estimate of drug-likeness (QED) is 0.856. The number of para-hydroxylation sites is 1. The molecule has 1 unspecified atom stereocenters. The average Bonchev–Trinajstić information content (AvgIpc) is 3.07. The zero-order valence-electron chi connectivity index (χ0n) is 14.5. The van der Waals surface area contributed by atoms with Gasteiger partial charge in [0.2, 0.25) is 5.91 Å². The molecule has 0 bridgehead atoms. The Labute approximate surface area is 151 Å². The summed E-state index contributed by atoms with van der Waals surface area (Å²) in [6, 6.07) is 8.47. The summed E-state index contributed by atoms with van der Waals surface area (Å²) < 4.78 is 19.6. The van der Waals surface area contributed by atoms with Crippen molar-refractivity contribution in [3.05, 3.63) is 52.0 Å². The minimum absolute atomic E-state index is 0.0488. The first-order chi connectivity index (χ1) is 12.1. The standard InChI is InChI=1S/C19H23FN2O2S/c1-13(2)21-11-19(23)22-9-7-18-14(8-10-25-18)16(22)12-24-17-6-4-3-5-15(17)20/h3-6,8,10,13,16,21H,7,9,11-12H2,1-2H3. The lowest BCUT2D eigenvalue weighted by molar-refractivity contribution is -0.134. The summed E-state index contributed by atoms with van der Waals surface area (Å²) in [5.41, 5.74) is 1.12. The molecule has 0 fully saturated rings. The van der Waals surface area contributed by atoms with Crippen molar-refractivity contribution in [2.45, 2.75) is 32.4 Å². The van der Waals surface area contributed by atoms with Gasteiger partial charge in [-0.2, -0.15) is 0 Å². The monoisotopic (exact) mass is 362 g/mol. The molecule has 25 heavy (non-hydrogen) atoms. The fourth-order valence-electron chi connectivity index (χ4n) is 3.00. The summed E-state index contributed by atoms with van der Waals surface area (Å²) in [5.74, 6) is -0.117. The molecule has 0 saturated carbocycles. The number of amides is 1. The van der Waals surface area contributed by atoms with Gasteiger partial charge in [0.25, 0.3) is 0 Å². The molecule has 1 aliphatic heterocycles. The molecule has 0 radical (unpaired) electrons. The third-order valence-corrected chi connectivity index (χ3v) is 5.31. The first-order valence-electron chi connectivity index (χ1n) is 8.52. The average molecular weight is 362 g/mol. The molecule has 0 saturated heterocycles. The maximum Gasteiger partial charge on any atom is 0.237 e. The van der Waals surface area contributed by atoms with E-state index in [1.54, 1.807) is 29.5 Å². The van der Waals surface area contributed by atoms with Crippen LogP contribution in [0.15, 0.2) is 35.7 Å². The van der Waals surface area contributed by atoms with Gasteiger partial charge in [0, 0.05) is 17.5 Å². The van der Waals surface area contributed by atoms with Gasteiger partial charge in [0.15, 0.2) is 11.6 Å². The van der Waals surface area contributed by atoms with Crippen molar-refractivity contribution in [2.75, 3.05) is 19.7 Å². The van der Waals surface area contributed by atoms with Crippen LogP contribution in [-0.4, -0.2) is 36.5 Å². The summed E-state index contributed by atoms with van der Waals surface area (Å²) in [4.78, 5) is 15.8. The van der Waals surface area contributed by atoms with Crippen molar-refractivity contribution in [3.8, 4) is 5.75 Å². The lowest BCUT2D eigenvalue weighted by Gasteiger charge is -2.36. The number of hydrogen-bond donors (Lipinski definition) is 1. The Hall–Kier alpha value is -1.92. The topological polar surface area (TPSA) is 41.6 Å². The van der Waals surface area contributed by atoms with Crippen LogP contribution in [0.2, 0.25) is 0 Å². The molecule has 134 valence electrons. The molecule has 1 amide bonds. The normalized spacial score (nSPS) is 16.8.